The smallest absolute Gasteiger partial charge is 0.224 e. The largest absolute Gasteiger partial charge is 0.355 e. The lowest BCUT2D eigenvalue weighted by molar-refractivity contribution is -0.124. The minimum absolute atomic E-state index is 0. The molecule has 0 saturated carbocycles. The molecule has 0 saturated heterocycles. The molecule has 0 aromatic heterocycles. The van der Waals surface area contributed by atoms with Crippen LogP contribution in [0.1, 0.15) is 26.3 Å². The Hall–Kier alpha value is -0.770. The molecule has 0 radical (unpaired) electrons. The second kappa shape index (κ2) is 7.73. The van der Waals surface area contributed by atoms with Gasteiger partial charge >= 0.3 is 0 Å². The van der Waals surface area contributed by atoms with Crippen LogP contribution >= 0.6 is 24.0 Å². The summed E-state index contributed by atoms with van der Waals surface area (Å²) in [4.78, 5) is 11.7. The fraction of sp³-hybridized carbons (Fsp3) is 0.500. The first kappa shape index (κ1) is 18.2. The van der Waals surface area contributed by atoms with Gasteiger partial charge in [0.2, 0.25) is 5.91 Å². The van der Waals surface area contributed by atoms with Crippen molar-refractivity contribution in [2.24, 2.45) is 11.7 Å². The van der Waals surface area contributed by atoms with E-state index in [4.69, 9.17) is 17.3 Å². The highest BCUT2D eigenvalue weighted by Crippen LogP contribution is 2.28. The molecule has 1 rings (SSSR count). The fourth-order valence-electron chi connectivity index (χ4n) is 1.69. The van der Waals surface area contributed by atoms with Crippen LogP contribution in [-0.2, 0) is 10.2 Å². The summed E-state index contributed by atoms with van der Waals surface area (Å²) in [5.41, 5.74) is 6.29. The molecule has 19 heavy (non-hydrogen) atoms. The van der Waals surface area contributed by atoms with Gasteiger partial charge in [0.1, 0.15) is 0 Å². The van der Waals surface area contributed by atoms with Crippen molar-refractivity contribution < 1.29 is 4.79 Å². The van der Waals surface area contributed by atoms with Crippen LogP contribution in [0.15, 0.2) is 24.3 Å². The summed E-state index contributed by atoms with van der Waals surface area (Å²) in [6.07, 6.45) is 0. The number of carbonyl (C=O) groups excluding carboxylic acids is 1. The Morgan fingerprint density at radius 2 is 2.00 bits per heavy atom. The molecule has 0 aliphatic carbocycles. The van der Waals surface area contributed by atoms with E-state index in [-0.39, 0.29) is 29.6 Å². The maximum Gasteiger partial charge on any atom is 0.224 e. The summed E-state index contributed by atoms with van der Waals surface area (Å²) >= 11 is 6.18. The van der Waals surface area contributed by atoms with Crippen LogP contribution in [0.2, 0.25) is 5.02 Å². The first-order chi connectivity index (χ1) is 8.38. The summed E-state index contributed by atoms with van der Waals surface area (Å²) in [6, 6.07) is 7.70. The molecular weight excluding hydrogens is 283 g/mol. The molecule has 0 aliphatic heterocycles. The lowest BCUT2D eigenvalue weighted by Gasteiger charge is -2.27. The average molecular weight is 305 g/mol. The van der Waals surface area contributed by atoms with Gasteiger partial charge in [-0.2, -0.15) is 0 Å². The quantitative estimate of drug-likeness (QED) is 0.879. The molecule has 1 atom stereocenters. The van der Waals surface area contributed by atoms with Crippen molar-refractivity contribution in [2.45, 2.75) is 26.2 Å². The number of amides is 1. The lowest BCUT2D eigenvalue weighted by Crippen LogP contribution is -2.40. The molecular formula is C14H22Cl2N2O. The first-order valence-electron chi connectivity index (χ1n) is 6.11. The molecule has 5 heteroatoms. The van der Waals surface area contributed by atoms with Crippen LogP contribution in [-0.4, -0.2) is 19.0 Å². The molecule has 1 aromatic rings. The predicted molar refractivity (Wildman–Crippen MR) is 83.0 cm³/mol. The van der Waals surface area contributed by atoms with Gasteiger partial charge in [0, 0.05) is 29.4 Å². The topological polar surface area (TPSA) is 55.1 Å². The first-order valence-corrected chi connectivity index (χ1v) is 6.49. The molecule has 0 aliphatic rings. The van der Waals surface area contributed by atoms with Crippen molar-refractivity contribution in [2.75, 3.05) is 13.1 Å². The molecule has 0 heterocycles. The molecule has 1 unspecified atom stereocenters. The number of hydrogen-bond donors (Lipinski definition) is 2. The number of carbonyl (C=O) groups is 1. The van der Waals surface area contributed by atoms with Gasteiger partial charge in [-0.3, -0.25) is 4.79 Å². The minimum atomic E-state index is -0.206. The molecule has 1 aromatic carbocycles. The molecule has 0 fully saturated rings. The molecule has 108 valence electrons. The normalized spacial score (nSPS) is 12.5. The number of hydrogen-bond acceptors (Lipinski definition) is 2. The zero-order valence-corrected chi connectivity index (χ0v) is 13.1. The van der Waals surface area contributed by atoms with Crippen molar-refractivity contribution in [1.82, 2.24) is 5.32 Å². The standard InChI is InChI=1S/C14H21ClN2O.ClH/c1-10(8-16)13(18)17-9-14(2,3)11-6-4-5-7-12(11)15;/h4-7,10H,8-9,16H2,1-3H3,(H,17,18);1H. The average Bonchev–Trinajstić information content (AvgIpc) is 2.35. The number of rotatable bonds is 5. The molecule has 1 amide bonds. The molecule has 0 spiro atoms. The molecule has 3 N–H and O–H groups in total. The summed E-state index contributed by atoms with van der Waals surface area (Å²) in [5, 5.41) is 3.65. The van der Waals surface area contributed by atoms with Crippen LogP contribution in [0, 0.1) is 5.92 Å². The zero-order chi connectivity index (χ0) is 13.8. The van der Waals surface area contributed by atoms with Gasteiger partial charge in [-0.05, 0) is 11.6 Å². The Labute approximate surface area is 126 Å². The summed E-state index contributed by atoms with van der Waals surface area (Å²) in [6.45, 7) is 6.83. The van der Waals surface area contributed by atoms with Crippen molar-refractivity contribution in [3.05, 3.63) is 34.9 Å². The van der Waals surface area contributed by atoms with Crippen LogP contribution in [0.4, 0.5) is 0 Å². The van der Waals surface area contributed by atoms with Crippen molar-refractivity contribution in [3.63, 3.8) is 0 Å². The summed E-state index contributed by atoms with van der Waals surface area (Å²) in [5.74, 6) is -0.176. The summed E-state index contributed by atoms with van der Waals surface area (Å²) in [7, 11) is 0. The Balaban J connectivity index is 0.00000324. The fourth-order valence-corrected chi connectivity index (χ4v) is 2.09. The van der Waals surface area contributed by atoms with E-state index in [1.165, 1.54) is 0 Å². The van der Waals surface area contributed by atoms with Gasteiger partial charge in [0.15, 0.2) is 0 Å². The van der Waals surface area contributed by atoms with Gasteiger partial charge in [0.25, 0.3) is 0 Å². The van der Waals surface area contributed by atoms with Crippen LogP contribution in [0.3, 0.4) is 0 Å². The van der Waals surface area contributed by atoms with Gasteiger partial charge in [-0.15, -0.1) is 12.4 Å². The number of nitrogens with one attached hydrogen (secondary N) is 1. The summed E-state index contributed by atoms with van der Waals surface area (Å²) < 4.78 is 0. The van der Waals surface area contributed by atoms with Crippen LogP contribution in [0.5, 0.6) is 0 Å². The Kier molecular flexibility index (Phi) is 7.42. The van der Waals surface area contributed by atoms with Crippen molar-refractivity contribution in [3.8, 4) is 0 Å². The number of benzene rings is 1. The van der Waals surface area contributed by atoms with Crippen LogP contribution < -0.4 is 11.1 Å². The SMILES string of the molecule is CC(CN)C(=O)NCC(C)(C)c1ccccc1Cl.Cl. The van der Waals surface area contributed by atoms with Crippen molar-refractivity contribution >= 4 is 29.9 Å². The minimum Gasteiger partial charge on any atom is -0.355 e. The number of halogens is 2. The third-order valence-electron chi connectivity index (χ3n) is 3.11. The van der Waals surface area contributed by atoms with Gasteiger partial charge in [-0.25, -0.2) is 0 Å². The Morgan fingerprint density at radius 1 is 1.42 bits per heavy atom. The zero-order valence-electron chi connectivity index (χ0n) is 11.6. The van der Waals surface area contributed by atoms with E-state index in [2.05, 4.69) is 19.2 Å². The van der Waals surface area contributed by atoms with E-state index in [1.54, 1.807) is 0 Å². The third-order valence-corrected chi connectivity index (χ3v) is 3.44. The van der Waals surface area contributed by atoms with Crippen molar-refractivity contribution in [1.29, 1.82) is 0 Å². The van der Waals surface area contributed by atoms with E-state index >= 15 is 0 Å². The molecule has 0 bridgehead atoms. The van der Waals surface area contributed by atoms with E-state index in [0.29, 0.717) is 13.1 Å². The van der Waals surface area contributed by atoms with Gasteiger partial charge in [0.05, 0.1) is 0 Å². The second-order valence-electron chi connectivity index (χ2n) is 5.22. The third kappa shape index (κ3) is 5.01. The Bertz CT molecular complexity index is 422. The second-order valence-corrected chi connectivity index (χ2v) is 5.63. The van der Waals surface area contributed by atoms with E-state index in [9.17, 15) is 4.79 Å². The number of nitrogens with two attached hydrogens (primary N) is 1. The van der Waals surface area contributed by atoms with Gasteiger partial charge < -0.3 is 11.1 Å². The highest BCUT2D eigenvalue weighted by atomic mass is 35.5. The highest BCUT2D eigenvalue weighted by molar-refractivity contribution is 6.31. The van der Waals surface area contributed by atoms with Gasteiger partial charge in [-0.1, -0.05) is 50.6 Å². The van der Waals surface area contributed by atoms with E-state index in [0.717, 1.165) is 10.6 Å². The monoisotopic (exact) mass is 304 g/mol. The van der Waals surface area contributed by atoms with E-state index in [1.807, 2.05) is 31.2 Å². The van der Waals surface area contributed by atoms with Crippen LogP contribution in [0.25, 0.3) is 0 Å². The highest BCUT2D eigenvalue weighted by Gasteiger charge is 2.24. The maximum atomic E-state index is 11.7. The molecule has 3 nitrogen and oxygen atoms in total. The van der Waals surface area contributed by atoms with E-state index < -0.39 is 0 Å². The maximum absolute atomic E-state index is 11.7. The predicted octanol–water partition coefficient (Wildman–Crippen LogP) is 2.75. The lowest BCUT2D eigenvalue weighted by atomic mass is 9.84. The Morgan fingerprint density at radius 3 is 2.53 bits per heavy atom.